The normalized spacial score (nSPS) is 14.2. The van der Waals surface area contributed by atoms with Gasteiger partial charge in [-0.15, -0.1) is 0 Å². The van der Waals surface area contributed by atoms with Crippen molar-refractivity contribution in [2.24, 2.45) is 0 Å². The lowest BCUT2D eigenvalue weighted by molar-refractivity contribution is -0.870. The molecule has 0 aromatic heterocycles. The van der Waals surface area contributed by atoms with Crippen molar-refractivity contribution in [2.45, 2.75) is 341 Å². The van der Waals surface area contributed by atoms with Crippen LogP contribution < -0.4 is 5.32 Å². The summed E-state index contributed by atoms with van der Waals surface area (Å²) in [5, 5.41) is 14.0. The maximum absolute atomic E-state index is 13.1. The van der Waals surface area contributed by atoms with Crippen LogP contribution in [0.15, 0.2) is 85.1 Å². The molecule has 0 aliphatic rings. The zero-order valence-electron chi connectivity index (χ0n) is 55.4. The molecule has 8 nitrogen and oxygen atoms in total. The zero-order valence-corrected chi connectivity index (χ0v) is 56.3. The number of carbonyl (C=O) groups excluding carboxylic acids is 1. The summed E-state index contributed by atoms with van der Waals surface area (Å²) < 4.78 is 23.8. The number of amides is 1. The Labute approximate surface area is 516 Å². The molecule has 0 bridgehead atoms. The van der Waals surface area contributed by atoms with E-state index in [2.05, 4.69) is 92.1 Å². The molecule has 484 valence electrons. The Balaban J connectivity index is 3.99. The van der Waals surface area contributed by atoms with Gasteiger partial charge in [0.05, 0.1) is 39.9 Å². The maximum Gasteiger partial charge on any atom is 0.472 e. The van der Waals surface area contributed by atoms with Crippen molar-refractivity contribution < 1.29 is 32.9 Å². The number of nitrogens with one attached hydrogen (secondary N) is 1. The maximum atomic E-state index is 13.1. The fourth-order valence-corrected chi connectivity index (χ4v) is 11.1. The topological polar surface area (TPSA) is 105 Å². The van der Waals surface area contributed by atoms with Gasteiger partial charge in [-0.2, -0.15) is 0 Å². The third kappa shape index (κ3) is 67.1. The lowest BCUT2D eigenvalue weighted by atomic mass is 10.0. The molecule has 0 radical (unpaired) electrons. The number of rotatable bonds is 65. The average molecular weight is 1180 g/mol. The second-order valence-corrected chi connectivity index (χ2v) is 26.7. The molecule has 3 unspecified atom stereocenters. The molecule has 0 saturated carbocycles. The Morgan fingerprint density at radius 2 is 0.723 bits per heavy atom. The Bertz CT molecular complexity index is 1630. The van der Waals surface area contributed by atoms with Crippen molar-refractivity contribution in [3.05, 3.63) is 85.1 Å². The largest absolute Gasteiger partial charge is 0.472 e. The number of allylic oxidation sites excluding steroid dienone is 13. The number of aliphatic hydroxyl groups excluding tert-OH is 1. The molecule has 83 heavy (non-hydrogen) atoms. The first-order valence-corrected chi connectivity index (χ1v) is 37.0. The van der Waals surface area contributed by atoms with E-state index in [-0.39, 0.29) is 19.1 Å². The van der Waals surface area contributed by atoms with Crippen molar-refractivity contribution in [1.29, 1.82) is 0 Å². The zero-order chi connectivity index (χ0) is 60.5. The van der Waals surface area contributed by atoms with Crippen molar-refractivity contribution in [3.8, 4) is 0 Å². The van der Waals surface area contributed by atoms with Crippen LogP contribution in [-0.4, -0.2) is 73.4 Å². The second kappa shape index (κ2) is 64.2. The third-order valence-corrected chi connectivity index (χ3v) is 16.9. The van der Waals surface area contributed by atoms with Crippen LogP contribution in [0.4, 0.5) is 0 Å². The second-order valence-electron chi connectivity index (χ2n) is 25.2. The number of carbonyl (C=O) groups is 1. The van der Waals surface area contributed by atoms with Gasteiger partial charge in [0.15, 0.2) is 0 Å². The van der Waals surface area contributed by atoms with Gasteiger partial charge in [-0.25, -0.2) is 4.57 Å². The molecule has 3 N–H and O–H groups in total. The van der Waals surface area contributed by atoms with E-state index in [1.54, 1.807) is 6.08 Å². The first-order chi connectivity index (χ1) is 40.5. The Morgan fingerprint density at radius 1 is 0.422 bits per heavy atom. The van der Waals surface area contributed by atoms with Gasteiger partial charge in [0.2, 0.25) is 5.91 Å². The fourth-order valence-electron chi connectivity index (χ4n) is 10.4. The van der Waals surface area contributed by atoms with E-state index in [4.69, 9.17) is 9.05 Å². The van der Waals surface area contributed by atoms with Gasteiger partial charge in [0.1, 0.15) is 13.2 Å². The summed E-state index contributed by atoms with van der Waals surface area (Å²) in [6.07, 6.45) is 91.6. The van der Waals surface area contributed by atoms with Crippen LogP contribution in [0.25, 0.3) is 0 Å². The quantitative estimate of drug-likeness (QED) is 0.0243. The number of nitrogens with zero attached hydrogens (tertiary/aromatic N) is 1. The summed E-state index contributed by atoms with van der Waals surface area (Å²) in [6.45, 7) is 4.74. The van der Waals surface area contributed by atoms with Gasteiger partial charge in [-0.3, -0.25) is 13.8 Å². The van der Waals surface area contributed by atoms with Crippen molar-refractivity contribution >= 4 is 13.7 Å². The van der Waals surface area contributed by atoms with Crippen LogP contribution in [0.2, 0.25) is 0 Å². The number of quaternary nitrogens is 1. The first-order valence-electron chi connectivity index (χ1n) is 35.5. The molecule has 3 atom stereocenters. The number of unbranched alkanes of at least 4 members (excludes halogenated alkanes) is 40. The van der Waals surface area contributed by atoms with Crippen molar-refractivity contribution in [3.63, 3.8) is 0 Å². The molecule has 0 spiro atoms. The highest BCUT2D eigenvalue weighted by atomic mass is 31.2. The van der Waals surface area contributed by atoms with Crippen LogP contribution in [0.3, 0.4) is 0 Å². The first kappa shape index (κ1) is 80.7. The van der Waals surface area contributed by atoms with Gasteiger partial charge in [-0.1, -0.05) is 336 Å². The lowest BCUT2D eigenvalue weighted by Crippen LogP contribution is -2.45. The summed E-state index contributed by atoms with van der Waals surface area (Å²) in [4.78, 5) is 23.4. The van der Waals surface area contributed by atoms with Crippen LogP contribution in [0, 0.1) is 0 Å². The number of phosphoric ester groups is 1. The molecule has 1 amide bonds. The molecule has 0 fully saturated rings. The Hall–Kier alpha value is -2.32. The lowest BCUT2D eigenvalue weighted by Gasteiger charge is -2.25. The summed E-state index contributed by atoms with van der Waals surface area (Å²) >= 11 is 0. The molecule has 0 heterocycles. The van der Waals surface area contributed by atoms with E-state index in [1.165, 1.54) is 231 Å². The summed E-state index contributed by atoms with van der Waals surface area (Å²) in [7, 11) is 1.58. The number of aliphatic hydroxyl groups is 1. The summed E-state index contributed by atoms with van der Waals surface area (Å²) in [5.74, 6) is -0.173. The van der Waals surface area contributed by atoms with Crippen LogP contribution >= 0.6 is 7.82 Å². The molecule has 0 aliphatic heterocycles. The smallest absolute Gasteiger partial charge is 0.387 e. The molecular weight excluding hydrogens is 1040 g/mol. The van der Waals surface area contributed by atoms with Gasteiger partial charge in [0.25, 0.3) is 0 Å². The number of hydrogen-bond donors (Lipinski definition) is 3. The number of hydrogen-bond acceptors (Lipinski definition) is 5. The molecule has 0 aromatic rings. The van der Waals surface area contributed by atoms with Gasteiger partial charge in [0, 0.05) is 6.42 Å². The van der Waals surface area contributed by atoms with Gasteiger partial charge >= 0.3 is 7.82 Å². The van der Waals surface area contributed by atoms with Gasteiger partial charge in [-0.05, 0) is 70.6 Å². The summed E-state index contributed by atoms with van der Waals surface area (Å²) in [5.41, 5.74) is 0. The monoisotopic (exact) mass is 1180 g/mol. The molecular formula is C74H138N2O6P+. The third-order valence-electron chi connectivity index (χ3n) is 15.9. The predicted molar refractivity (Wildman–Crippen MR) is 364 cm³/mol. The SMILES string of the molecule is CC/C=C\C/C=C\C/C=C\C/C=C\C/C=C\C/C=C\CCCCCCCCCCCCCCCCCCCCCCC(=O)NC(COP(=O)(O)OCC[N+](C)(C)C)C(O)/C=C/CCCCCCCCCCCCCCCCCCCCCC. The van der Waals surface area contributed by atoms with E-state index < -0.39 is 20.0 Å². The van der Waals surface area contributed by atoms with Crippen molar-refractivity contribution in [1.82, 2.24) is 5.32 Å². The molecule has 0 saturated heterocycles. The van der Waals surface area contributed by atoms with Crippen molar-refractivity contribution in [2.75, 3.05) is 40.9 Å². The molecule has 0 aliphatic carbocycles. The summed E-state index contributed by atoms with van der Waals surface area (Å²) in [6, 6.07) is -0.849. The van der Waals surface area contributed by atoms with E-state index in [0.29, 0.717) is 17.4 Å². The standard InChI is InChI=1S/C74H137N2O6P/c1-6-8-10-12-14-16-18-20-22-24-26-28-30-31-32-33-34-35-36-37-38-39-40-41-42-43-44-45-46-48-50-52-54-56-58-60-62-64-66-68-74(78)75-72(71-82-83(79,80)81-70-69-76(3,4)5)73(77)67-65-63-61-59-57-55-53-51-49-47-29-27-25-23-21-19-17-15-13-11-9-7-2/h8,10,14,16,20,22,26,28,31-32,34-35,65,67,72-73,77H,6-7,9,11-13,15,17-19,21,23-25,27,29-30,33,36-64,66,68-71H2,1-5H3,(H-,75,78,79,80)/p+1/b10-8-,16-14-,22-20-,28-26-,32-31-,35-34-,67-65+. The highest BCUT2D eigenvalue weighted by molar-refractivity contribution is 7.47. The van der Waals surface area contributed by atoms with Gasteiger partial charge < -0.3 is 19.8 Å². The minimum atomic E-state index is -4.35. The van der Waals surface area contributed by atoms with E-state index in [0.717, 1.165) is 77.0 Å². The molecule has 0 rings (SSSR count). The van der Waals surface area contributed by atoms with E-state index in [9.17, 15) is 19.4 Å². The minimum Gasteiger partial charge on any atom is -0.387 e. The minimum absolute atomic E-state index is 0.0613. The Kier molecular flexibility index (Phi) is 62.4. The van der Waals surface area contributed by atoms with Crippen LogP contribution in [0.1, 0.15) is 328 Å². The number of likely N-dealkylation sites (N-methyl/N-ethyl adjacent to an activating group) is 1. The van der Waals surface area contributed by atoms with E-state index in [1.807, 2.05) is 27.2 Å². The predicted octanol–water partition coefficient (Wildman–Crippen LogP) is 22.7. The van der Waals surface area contributed by atoms with Crippen LogP contribution in [0.5, 0.6) is 0 Å². The molecule has 9 heteroatoms. The number of phosphoric acid groups is 1. The average Bonchev–Trinajstić information content (AvgIpc) is 3.50. The molecule has 0 aromatic carbocycles. The van der Waals surface area contributed by atoms with Crippen LogP contribution in [-0.2, 0) is 18.4 Å². The van der Waals surface area contributed by atoms with E-state index >= 15 is 0 Å². The fraction of sp³-hybridized carbons (Fsp3) is 0.797. The Morgan fingerprint density at radius 3 is 1.06 bits per heavy atom. The highest BCUT2D eigenvalue weighted by Gasteiger charge is 2.28. The highest BCUT2D eigenvalue weighted by Crippen LogP contribution is 2.43.